The molecule has 4 N–H and O–H groups in total. The summed E-state index contributed by atoms with van der Waals surface area (Å²) in [5.41, 5.74) is 6.37. The van der Waals surface area contributed by atoms with Gasteiger partial charge in [0, 0.05) is 0 Å². The van der Waals surface area contributed by atoms with Crippen molar-refractivity contribution in [1.82, 2.24) is 0 Å². The fraction of sp³-hybridized carbons (Fsp3) is 0.529. The van der Waals surface area contributed by atoms with E-state index in [1.54, 1.807) is 19.9 Å². The quantitative estimate of drug-likeness (QED) is 0.476. The molecular formula is C17H25NO7. The van der Waals surface area contributed by atoms with Crippen LogP contribution in [-0.2, 0) is 25.4 Å². The molecule has 0 spiro atoms. The Morgan fingerprint density at radius 1 is 1.12 bits per heavy atom. The van der Waals surface area contributed by atoms with Crippen LogP contribution >= 0.6 is 0 Å². The van der Waals surface area contributed by atoms with Gasteiger partial charge < -0.3 is 30.2 Å². The Morgan fingerprint density at radius 2 is 1.76 bits per heavy atom. The Hall–Kier alpha value is -2.48. The van der Waals surface area contributed by atoms with Crippen LogP contribution in [-0.4, -0.2) is 47.2 Å². The van der Waals surface area contributed by atoms with Gasteiger partial charge in [-0.15, -0.1) is 0 Å². The largest absolute Gasteiger partial charge is 0.508 e. The number of phenols is 2. The summed E-state index contributed by atoms with van der Waals surface area (Å²) in [7, 11) is 0. The molecule has 0 bridgehead atoms. The lowest BCUT2D eigenvalue weighted by molar-refractivity contribution is -0.155. The van der Waals surface area contributed by atoms with Crippen molar-refractivity contribution in [3.8, 4) is 11.5 Å². The number of phenolic OH excluding ortho intramolecular Hbond substituents is 2. The first-order valence-corrected chi connectivity index (χ1v) is 8.04. The molecular weight excluding hydrogens is 330 g/mol. The van der Waals surface area contributed by atoms with Gasteiger partial charge in [0.1, 0.15) is 18.2 Å². The number of rotatable bonds is 8. The fourth-order valence-electron chi connectivity index (χ4n) is 1.87. The maximum atomic E-state index is 12.0. The van der Waals surface area contributed by atoms with Crippen LogP contribution in [0.1, 0.15) is 32.8 Å². The van der Waals surface area contributed by atoms with Gasteiger partial charge in [-0.05, 0) is 44.4 Å². The Kier molecular flexibility index (Phi) is 8.00. The molecule has 1 rings (SSSR count). The second kappa shape index (κ2) is 9.73. The van der Waals surface area contributed by atoms with E-state index in [1.807, 2.05) is 6.92 Å². The molecule has 0 aliphatic heterocycles. The first-order valence-electron chi connectivity index (χ1n) is 8.04. The minimum absolute atomic E-state index is 0.118. The average molecular weight is 355 g/mol. The third kappa shape index (κ3) is 6.88. The molecule has 8 heteroatoms. The van der Waals surface area contributed by atoms with Crippen molar-refractivity contribution < 1.29 is 34.0 Å². The standard InChI is InChI=1S/C17H25NO7/c1-4-7-23-17(22)25-11(3)10(2)24-16(21)13(18)8-12-5-6-14(19)15(20)9-12/h5-6,9-11,13,19-20H,4,7-8,18H2,1-3H3/t10-,11-,13+/m1/s1. The highest BCUT2D eigenvalue weighted by atomic mass is 16.7. The topological polar surface area (TPSA) is 128 Å². The van der Waals surface area contributed by atoms with E-state index in [-0.39, 0.29) is 24.5 Å². The molecule has 0 amide bonds. The highest BCUT2D eigenvalue weighted by molar-refractivity contribution is 5.76. The predicted molar refractivity (Wildman–Crippen MR) is 89.2 cm³/mol. The van der Waals surface area contributed by atoms with Gasteiger partial charge in [-0.1, -0.05) is 13.0 Å². The highest BCUT2D eigenvalue weighted by Crippen LogP contribution is 2.25. The van der Waals surface area contributed by atoms with Crippen LogP contribution in [0.25, 0.3) is 0 Å². The summed E-state index contributed by atoms with van der Waals surface area (Å²) in [6.45, 7) is 5.27. The SMILES string of the molecule is CCCOC(=O)O[C@H](C)[C@@H](C)OC(=O)[C@@H](N)Cc1ccc(O)c(O)c1. The number of carbonyl (C=O) groups excluding carboxylic acids is 2. The third-order valence-corrected chi connectivity index (χ3v) is 3.47. The summed E-state index contributed by atoms with van der Waals surface area (Å²) in [4.78, 5) is 23.4. The third-order valence-electron chi connectivity index (χ3n) is 3.47. The van der Waals surface area contributed by atoms with E-state index in [2.05, 4.69) is 0 Å². The lowest BCUT2D eigenvalue weighted by Crippen LogP contribution is -2.39. The molecule has 0 unspecified atom stereocenters. The molecule has 1 aromatic rings. The van der Waals surface area contributed by atoms with E-state index >= 15 is 0 Å². The van der Waals surface area contributed by atoms with Gasteiger partial charge in [-0.25, -0.2) is 4.79 Å². The highest BCUT2D eigenvalue weighted by Gasteiger charge is 2.24. The van der Waals surface area contributed by atoms with Crippen LogP contribution in [0.5, 0.6) is 11.5 Å². The Balaban J connectivity index is 2.50. The first-order chi connectivity index (χ1) is 11.7. The van der Waals surface area contributed by atoms with Gasteiger partial charge in [0.2, 0.25) is 0 Å². The molecule has 0 saturated carbocycles. The minimum atomic E-state index is -0.967. The van der Waals surface area contributed by atoms with Crippen molar-refractivity contribution in [3.63, 3.8) is 0 Å². The Bertz CT molecular complexity index is 590. The zero-order chi connectivity index (χ0) is 19.0. The molecule has 0 radical (unpaired) electrons. The van der Waals surface area contributed by atoms with Crippen LogP contribution in [0.2, 0.25) is 0 Å². The molecule has 0 aliphatic carbocycles. The summed E-state index contributed by atoms with van der Waals surface area (Å²) in [6, 6.07) is 3.21. The maximum Gasteiger partial charge on any atom is 0.508 e. The molecule has 0 aromatic heterocycles. The van der Waals surface area contributed by atoms with Gasteiger partial charge in [-0.3, -0.25) is 4.79 Å². The summed E-state index contributed by atoms with van der Waals surface area (Å²) in [5.74, 6) is -1.22. The van der Waals surface area contributed by atoms with Crippen LogP contribution in [0.15, 0.2) is 18.2 Å². The van der Waals surface area contributed by atoms with Crippen LogP contribution in [0.4, 0.5) is 4.79 Å². The van der Waals surface area contributed by atoms with Gasteiger partial charge in [0.15, 0.2) is 11.5 Å². The van der Waals surface area contributed by atoms with Crippen molar-refractivity contribution in [2.45, 2.75) is 51.9 Å². The number of hydrogen-bond donors (Lipinski definition) is 3. The number of hydrogen-bond acceptors (Lipinski definition) is 8. The van der Waals surface area contributed by atoms with Crippen LogP contribution < -0.4 is 5.73 Å². The van der Waals surface area contributed by atoms with Crippen LogP contribution in [0, 0.1) is 0 Å². The molecule has 140 valence electrons. The number of nitrogens with two attached hydrogens (primary N) is 1. The Labute approximate surface area is 146 Å². The second-order valence-corrected chi connectivity index (χ2v) is 5.70. The second-order valence-electron chi connectivity index (χ2n) is 5.70. The van der Waals surface area contributed by atoms with E-state index in [9.17, 15) is 19.8 Å². The van der Waals surface area contributed by atoms with Crippen molar-refractivity contribution in [2.24, 2.45) is 5.73 Å². The molecule has 3 atom stereocenters. The van der Waals surface area contributed by atoms with Crippen molar-refractivity contribution in [3.05, 3.63) is 23.8 Å². The van der Waals surface area contributed by atoms with Crippen molar-refractivity contribution >= 4 is 12.1 Å². The predicted octanol–water partition coefficient (Wildman–Crippen LogP) is 1.85. The summed E-state index contributed by atoms with van der Waals surface area (Å²) < 4.78 is 15.0. The van der Waals surface area contributed by atoms with Gasteiger partial charge in [-0.2, -0.15) is 0 Å². The fourth-order valence-corrected chi connectivity index (χ4v) is 1.87. The van der Waals surface area contributed by atoms with E-state index < -0.39 is 30.4 Å². The van der Waals surface area contributed by atoms with Crippen molar-refractivity contribution in [2.75, 3.05) is 6.61 Å². The summed E-state index contributed by atoms with van der Waals surface area (Å²) >= 11 is 0. The van der Waals surface area contributed by atoms with Crippen molar-refractivity contribution in [1.29, 1.82) is 0 Å². The smallest absolute Gasteiger partial charge is 0.504 e. The molecule has 0 fully saturated rings. The lowest BCUT2D eigenvalue weighted by Gasteiger charge is -2.22. The number of esters is 1. The van der Waals surface area contributed by atoms with Crippen LogP contribution in [0.3, 0.4) is 0 Å². The molecule has 8 nitrogen and oxygen atoms in total. The number of carbonyl (C=O) groups is 2. The van der Waals surface area contributed by atoms with Gasteiger partial charge >= 0.3 is 12.1 Å². The summed E-state index contributed by atoms with van der Waals surface area (Å²) in [5, 5.41) is 18.7. The zero-order valence-electron chi connectivity index (χ0n) is 14.6. The van der Waals surface area contributed by atoms with E-state index in [0.29, 0.717) is 12.0 Å². The molecule has 0 saturated heterocycles. The lowest BCUT2D eigenvalue weighted by atomic mass is 10.1. The molecule has 25 heavy (non-hydrogen) atoms. The number of benzene rings is 1. The maximum absolute atomic E-state index is 12.0. The van der Waals surface area contributed by atoms with Gasteiger partial charge in [0.25, 0.3) is 0 Å². The first kappa shape index (κ1) is 20.6. The Morgan fingerprint density at radius 3 is 2.36 bits per heavy atom. The number of aromatic hydroxyl groups is 2. The van der Waals surface area contributed by atoms with E-state index in [0.717, 1.165) is 0 Å². The van der Waals surface area contributed by atoms with Gasteiger partial charge in [0.05, 0.1) is 6.61 Å². The number of ether oxygens (including phenoxy) is 3. The normalized spacial score (nSPS) is 14.2. The molecule has 0 heterocycles. The zero-order valence-corrected chi connectivity index (χ0v) is 14.6. The minimum Gasteiger partial charge on any atom is -0.504 e. The van der Waals surface area contributed by atoms with E-state index in [1.165, 1.54) is 12.1 Å². The molecule has 0 aliphatic rings. The monoisotopic (exact) mass is 355 g/mol. The van der Waals surface area contributed by atoms with E-state index in [4.69, 9.17) is 19.9 Å². The average Bonchev–Trinajstić information content (AvgIpc) is 2.56. The summed E-state index contributed by atoms with van der Waals surface area (Å²) in [6.07, 6.45) is -1.43. The molecule has 1 aromatic carbocycles.